The standard InChI is InChI=1S/C54H44N2/c1-3-39(40-18-7-4-8-19-40)24-17-28-52(43-22-11-6-12-23-43)55-38(2)46-35-32-44-36-54-51(37-50(44)48-26-14-13-25-47(46)48)49-27-15-16-29-53(49)56(54)45-33-30-42(31-34-45)41-20-9-5-10-21-41/h3-16,18-27,29-31,33-34,36-37,46H,1-2,17,28,32,35H2/b39-24+,55-52?. The number of aromatic nitrogens is 1. The SMILES string of the molecule is C=C/C(=C\CCC(=NC(=C)C1CCc2cc3c(cc2-c2ccccc21)c1ccccc1n3-c1ccc(-c2ccccc2)cc1)c1ccccc1)c1ccccc1. The Morgan fingerprint density at radius 2 is 1.27 bits per heavy atom. The first-order valence-electron chi connectivity index (χ1n) is 19.7. The van der Waals surface area contributed by atoms with Crippen molar-refractivity contribution in [1.82, 2.24) is 4.57 Å². The van der Waals surface area contributed by atoms with Crippen LogP contribution in [0.4, 0.5) is 0 Å². The van der Waals surface area contributed by atoms with Crippen LogP contribution in [-0.2, 0) is 6.42 Å². The zero-order chi connectivity index (χ0) is 37.8. The Balaban J connectivity index is 1.08. The molecule has 0 N–H and O–H groups in total. The molecule has 2 heteroatoms. The molecule has 0 saturated heterocycles. The fourth-order valence-corrected chi connectivity index (χ4v) is 8.54. The molecule has 0 spiro atoms. The molecule has 0 amide bonds. The lowest BCUT2D eigenvalue weighted by molar-refractivity contribution is 0.707. The van der Waals surface area contributed by atoms with Crippen LogP contribution in [0, 0.1) is 0 Å². The van der Waals surface area contributed by atoms with E-state index in [-0.39, 0.29) is 5.92 Å². The number of allylic oxidation sites excluding steroid dienone is 4. The maximum absolute atomic E-state index is 5.40. The van der Waals surface area contributed by atoms with Gasteiger partial charge in [-0.25, -0.2) is 0 Å². The molecule has 0 bridgehead atoms. The van der Waals surface area contributed by atoms with Crippen molar-refractivity contribution in [2.45, 2.75) is 31.6 Å². The van der Waals surface area contributed by atoms with Gasteiger partial charge in [0, 0.05) is 33.8 Å². The Morgan fingerprint density at radius 3 is 2.02 bits per heavy atom. The van der Waals surface area contributed by atoms with E-state index in [0.717, 1.165) is 53.9 Å². The van der Waals surface area contributed by atoms with E-state index in [1.165, 1.54) is 60.8 Å². The Kier molecular flexibility index (Phi) is 9.70. The molecule has 1 unspecified atom stereocenters. The third kappa shape index (κ3) is 6.76. The van der Waals surface area contributed by atoms with Gasteiger partial charge in [0.15, 0.2) is 0 Å². The summed E-state index contributed by atoms with van der Waals surface area (Å²) in [6.07, 6.45) is 7.73. The van der Waals surface area contributed by atoms with Crippen LogP contribution in [0.3, 0.4) is 0 Å². The molecule has 1 heterocycles. The summed E-state index contributed by atoms with van der Waals surface area (Å²) in [7, 11) is 0. The van der Waals surface area contributed by atoms with Crippen molar-refractivity contribution in [3.8, 4) is 27.9 Å². The van der Waals surface area contributed by atoms with Gasteiger partial charge in [-0.3, -0.25) is 4.99 Å². The average Bonchev–Trinajstić information content (AvgIpc) is 3.49. The van der Waals surface area contributed by atoms with Gasteiger partial charge in [-0.2, -0.15) is 0 Å². The first-order chi connectivity index (χ1) is 27.7. The molecule has 0 fully saturated rings. The number of aryl methyl sites for hydroxylation is 1. The molecule has 1 aromatic heterocycles. The molecule has 7 aromatic carbocycles. The van der Waals surface area contributed by atoms with E-state index in [9.17, 15) is 0 Å². The Bertz CT molecular complexity index is 2750. The van der Waals surface area contributed by atoms with E-state index in [0.29, 0.717) is 0 Å². The molecule has 56 heavy (non-hydrogen) atoms. The fraction of sp³-hybridized carbons (Fsp3) is 0.0926. The number of hydrogen-bond donors (Lipinski definition) is 0. The maximum Gasteiger partial charge on any atom is 0.0544 e. The van der Waals surface area contributed by atoms with Gasteiger partial charge in [-0.1, -0.05) is 171 Å². The summed E-state index contributed by atoms with van der Waals surface area (Å²) in [4.78, 5) is 5.40. The third-order valence-electron chi connectivity index (χ3n) is 11.3. The van der Waals surface area contributed by atoms with Crippen molar-refractivity contribution in [2.24, 2.45) is 4.99 Å². The molecule has 0 aliphatic heterocycles. The third-order valence-corrected chi connectivity index (χ3v) is 11.3. The Hall–Kier alpha value is -6.77. The van der Waals surface area contributed by atoms with E-state index >= 15 is 0 Å². The van der Waals surface area contributed by atoms with E-state index in [2.05, 4.69) is 187 Å². The molecule has 0 radical (unpaired) electrons. The zero-order valence-electron chi connectivity index (χ0n) is 31.6. The molecule has 2 nitrogen and oxygen atoms in total. The van der Waals surface area contributed by atoms with Crippen molar-refractivity contribution in [3.63, 3.8) is 0 Å². The number of benzene rings is 7. The Morgan fingerprint density at radius 1 is 0.625 bits per heavy atom. The van der Waals surface area contributed by atoms with Crippen molar-refractivity contribution < 1.29 is 0 Å². The molecule has 1 aliphatic carbocycles. The van der Waals surface area contributed by atoms with Gasteiger partial charge in [0.2, 0.25) is 0 Å². The second-order valence-corrected chi connectivity index (χ2v) is 14.7. The molecule has 270 valence electrons. The lowest BCUT2D eigenvalue weighted by Gasteiger charge is -2.19. The van der Waals surface area contributed by atoms with Crippen LogP contribution in [0.15, 0.2) is 212 Å². The van der Waals surface area contributed by atoms with Gasteiger partial charge < -0.3 is 4.57 Å². The minimum Gasteiger partial charge on any atom is -0.309 e. The van der Waals surface area contributed by atoms with Crippen molar-refractivity contribution >= 4 is 33.1 Å². The minimum atomic E-state index is 0.0877. The molecule has 0 saturated carbocycles. The number of hydrogen-bond acceptors (Lipinski definition) is 1. The summed E-state index contributed by atoms with van der Waals surface area (Å²) < 4.78 is 2.44. The second kappa shape index (κ2) is 15.5. The molecule has 1 aliphatic rings. The van der Waals surface area contributed by atoms with Crippen LogP contribution in [0.5, 0.6) is 0 Å². The van der Waals surface area contributed by atoms with Crippen LogP contribution in [-0.4, -0.2) is 10.3 Å². The lowest BCUT2D eigenvalue weighted by Crippen LogP contribution is -2.07. The number of para-hydroxylation sites is 1. The van der Waals surface area contributed by atoms with Gasteiger partial charge >= 0.3 is 0 Å². The maximum atomic E-state index is 5.40. The van der Waals surface area contributed by atoms with Gasteiger partial charge in [0.1, 0.15) is 0 Å². The van der Waals surface area contributed by atoms with Gasteiger partial charge in [0.25, 0.3) is 0 Å². The molecular formula is C54H44N2. The summed E-state index contributed by atoms with van der Waals surface area (Å²) in [5.41, 5.74) is 16.7. The predicted molar refractivity (Wildman–Crippen MR) is 239 cm³/mol. The number of nitrogens with zero attached hydrogens (tertiary/aromatic N) is 2. The highest BCUT2D eigenvalue weighted by Crippen LogP contribution is 2.45. The minimum absolute atomic E-state index is 0.0877. The lowest BCUT2D eigenvalue weighted by atomic mass is 9.89. The summed E-state index contributed by atoms with van der Waals surface area (Å²) >= 11 is 0. The molecule has 8 aromatic rings. The van der Waals surface area contributed by atoms with Crippen molar-refractivity contribution in [1.29, 1.82) is 0 Å². The van der Waals surface area contributed by atoms with Crippen LogP contribution < -0.4 is 0 Å². The van der Waals surface area contributed by atoms with E-state index in [1.54, 1.807) is 0 Å². The summed E-state index contributed by atoms with van der Waals surface area (Å²) in [5, 5.41) is 2.53. The quantitative estimate of drug-likeness (QED) is 0.0989. The van der Waals surface area contributed by atoms with Gasteiger partial charge in [0.05, 0.1) is 11.0 Å². The monoisotopic (exact) mass is 720 g/mol. The summed E-state index contributed by atoms with van der Waals surface area (Å²) in [5.74, 6) is 0.0877. The van der Waals surface area contributed by atoms with Gasteiger partial charge in [-0.15, -0.1) is 0 Å². The van der Waals surface area contributed by atoms with Crippen LogP contribution in [0.1, 0.15) is 47.4 Å². The molecular weight excluding hydrogens is 677 g/mol. The topological polar surface area (TPSA) is 17.3 Å². The smallest absolute Gasteiger partial charge is 0.0544 e. The van der Waals surface area contributed by atoms with Crippen molar-refractivity contribution in [2.75, 3.05) is 0 Å². The first-order valence-corrected chi connectivity index (χ1v) is 19.7. The highest BCUT2D eigenvalue weighted by Gasteiger charge is 2.26. The largest absolute Gasteiger partial charge is 0.309 e. The molecule has 9 rings (SSSR count). The predicted octanol–water partition coefficient (Wildman–Crippen LogP) is 14.2. The average molecular weight is 721 g/mol. The van der Waals surface area contributed by atoms with E-state index in [1.807, 2.05) is 12.1 Å². The second-order valence-electron chi connectivity index (χ2n) is 14.7. The van der Waals surface area contributed by atoms with Gasteiger partial charge in [-0.05, 0) is 106 Å². The van der Waals surface area contributed by atoms with Crippen molar-refractivity contribution in [3.05, 3.63) is 229 Å². The zero-order valence-corrected chi connectivity index (χ0v) is 31.6. The Labute approximate surface area is 330 Å². The molecule has 1 atom stereocenters. The highest BCUT2D eigenvalue weighted by molar-refractivity contribution is 6.11. The first kappa shape index (κ1) is 35.0. The van der Waals surface area contributed by atoms with Crippen LogP contribution in [0.25, 0.3) is 55.3 Å². The fourth-order valence-electron chi connectivity index (χ4n) is 8.54. The normalized spacial score (nSPS) is 14.2. The summed E-state index contributed by atoms with van der Waals surface area (Å²) in [6.45, 7) is 8.80. The summed E-state index contributed by atoms with van der Waals surface area (Å²) in [6, 6.07) is 63.3. The highest BCUT2D eigenvalue weighted by atomic mass is 15.0. The number of fused-ring (bicyclic) bond motifs is 6. The van der Waals surface area contributed by atoms with Crippen LogP contribution >= 0.6 is 0 Å². The van der Waals surface area contributed by atoms with Crippen LogP contribution in [0.2, 0.25) is 0 Å². The number of aliphatic imine (C=N–C) groups is 1. The van der Waals surface area contributed by atoms with E-state index < -0.39 is 0 Å². The number of rotatable bonds is 10. The van der Waals surface area contributed by atoms with E-state index in [4.69, 9.17) is 11.6 Å².